The van der Waals surface area contributed by atoms with Gasteiger partial charge in [-0.2, -0.15) is 0 Å². The minimum Gasteiger partial charge on any atom is -0.549 e. The Bertz CT molecular complexity index is 272. The topological polar surface area (TPSA) is 153 Å². The summed E-state index contributed by atoms with van der Waals surface area (Å²) in [7, 11) is 0. The number of aliphatic carboxylic acids is 2. The quantitative estimate of drug-likeness (QED) is 0.349. The van der Waals surface area contributed by atoms with Crippen molar-refractivity contribution in [2.24, 2.45) is 5.92 Å². The van der Waals surface area contributed by atoms with E-state index in [1.54, 1.807) is 0 Å². The third-order valence-electron chi connectivity index (χ3n) is 3.92. The van der Waals surface area contributed by atoms with Crippen LogP contribution in [0.4, 0.5) is 0 Å². The van der Waals surface area contributed by atoms with E-state index in [0.29, 0.717) is 6.42 Å². The van der Waals surface area contributed by atoms with E-state index in [1.165, 1.54) is 51.4 Å². The third-order valence-corrected chi connectivity index (χ3v) is 3.92. The summed E-state index contributed by atoms with van der Waals surface area (Å²) in [5.41, 5.74) is 0. The van der Waals surface area contributed by atoms with E-state index in [2.05, 4.69) is 6.92 Å². The van der Waals surface area contributed by atoms with Crippen molar-refractivity contribution in [3.8, 4) is 0 Å². The number of carbonyl (C=O) groups excluding carboxylic acids is 2. The predicted molar refractivity (Wildman–Crippen MR) is 91.2 cm³/mol. The zero-order valence-corrected chi connectivity index (χ0v) is 15.4. The molecule has 0 aromatic rings. The molecule has 6 heteroatoms. The van der Waals surface area contributed by atoms with Crippen molar-refractivity contribution in [2.45, 2.75) is 90.4 Å². The molecule has 0 aliphatic rings. The molecule has 0 aromatic heterocycles. The summed E-state index contributed by atoms with van der Waals surface area (Å²) in [6.07, 6.45) is 14.3. The lowest BCUT2D eigenvalue weighted by atomic mass is 10.00. The number of quaternary nitrogens is 2. The van der Waals surface area contributed by atoms with Crippen LogP contribution < -0.4 is 22.5 Å². The number of carboxylic acid groups (broad SMARTS) is 2. The van der Waals surface area contributed by atoms with Crippen LogP contribution in [0, 0.1) is 5.92 Å². The minimum atomic E-state index is -1.53. The van der Waals surface area contributed by atoms with Gasteiger partial charge < -0.3 is 32.1 Å². The lowest BCUT2D eigenvalue weighted by Gasteiger charge is -2.18. The highest BCUT2D eigenvalue weighted by Crippen LogP contribution is 2.14. The molecule has 6 nitrogen and oxygen atoms in total. The van der Waals surface area contributed by atoms with E-state index in [9.17, 15) is 19.8 Å². The maximum Gasteiger partial charge on any atom is 0.0501 e. The Morgan fingerprint density at radius 3 is 1.26 bits per heavy atom. The Morgan fingerprint density at radius 1 is 0.652 bits per heavy atom. The van der Waals surface area contributed by atoms with Crippen LogP contribution in [0.5, 0.6) is 0 Å². The van der Waals surface area contributed by atoms with Crippen molar-refractivity contribution < 1.29 is 19.8 Å². The Balaban J connectivity index is -0.00000200. The molecular weight excluding hydrogens is 296 g/mol. The third kappa shape index (κ3) is 17.1. The first-order valence-electron chi connectivity index (χ1n) is 8.51. The van der Waals surface area contributed by atoms with Gasteiger partial charge in [0.2, 0.25) is 0 Å². The molecule has 0 atom stereocenters. The molecule has 23 heavy (non-hydrogen) atoms. The summed E-state index contributed by atoms with van der Waals surface area (Å²) < 4.78 is 0. The molecular formula is C17H38N2O4. The zero-order valence-electron chi connectivity index (χ0n) is 15.4. The zero-order chi connectivity index (χ0) is 15.9. The summed E-state index contributed by atoms with van der Waals surface area (Å²) in [4.78, 5) is 21.1. The molecule has 0 fully saturated rings. The molecule has 0 heterocycles. The highest BCUT2D eigenvalue weighted by atomic mass is 16.4. The molecule has 0 saturated heterocycles. The number of unbranched alkanes of at least 4 members (excludes halogenated alkanes) is 11. The molecule has 0 aromatic carbocycles. The Morgan fingerprint density at radius 2 is 0.957 bits per heavy atom. The molecule has 0 spiro atoms. The van der Waals surface area contributed by atoms with Crippen molar-refractivity contribution >= 4 is 11.9 Å². The van der Waals surface area contributed by atoms with Crippen molar-refractivity contribution in [1.29, 1.82) is 0 Å². The predicted octanol–water partition coefficient (Wildman–Crippen LogP) is 2.95. The van der Waals surface area contributed by atoms with Crippen LogP contribution in [0.2, 0.25) is 0 Å². The second-order valence-corrected chi connectivity index (χ2v) is 5.87. The van der Waals surface area contributed by atoms with Crippen LogP contribution in [0.25, 0.3) is 0 Å². The molecule has 0 aliphatic carbocycles. The van der Waals surface area contributed by atoms with Crippen LogP contribution in [0.1, 0.15) is 90.4 Å². The SMILES string of the molecule is CCCCCCCCCCCCCCC(C(=O)[O-])C(=O)[O-].[NH4+].[NH4+]. The fourth-order valence-electron chi connectivity index (χ4n) is 2.52. The van der Waals surface area contributed by atoms with E-state index in [-0.39, 0.29) is 18.7 Å². The average molecular weight is 335 g/mol. The fraction of sp³-hybridized carbons (Fsp3) is 0.882. The van der Waals surface area contributed by atoms with E-state index >= 15 is 0 Å². The van der Waals surface area contributed by atoms with Gasteiger partial charge in [-0.1, -0.05) is 84.0 Å². The molecule has 0 rings (SSSR count). The normalized spacial score (nSPS) is 10.0. The first-order valence-corrected chi connectivity index (χ1v) is 8.51. The van der Waals surface area contributed by atoms with Crippen molar-refractivity contribution in [3.05, 3.63) is 0 Å². The Hall–Kier alpha value is -1.14. The summed E-state index contributed by atoms with van der Waals surface area (Å²) >= 11 is 0. The van der Waals surface area contributed by atoms with Gasteiger partial charge in [-0.25, -0.2) is 0 Å². The molecule has 0 saturated carbocycles. The second kappa shape index (κ2) is 18.9. The molecule has 8 N–H and O–H groups in total. The van der Waals surface area contributed by atoms with Gasteiger partial charge in [-0.3, -0.25) is 0 Å². The summed E-state index contributed by atoms with van der Waals surface area (Å²) in [5.74, 6) is -4.51. The van der Waals surface area contributed by atoms with Gasteiger partial charge in [0, 0.05) is 5.92 Å². The number of carboxylic acids is 2. The number of carbonyl (C=O) groups is 2. The number of rotatable bonds is 15. The first kappa shape index (κ1) is 26.7. The maximum absolute atomic E-state index is 10.5. The van der Waals surface area contributed by atoms with Crippen molar-refractivity contribution in [2.75, 3.05) is 0 Å². The van der Waals surface area contributed by atoms with Crippen molar-refractivity contribution in [3.63, 3.8) is 0 Å². The highest BCUT2D eigenvalue weighted by molar-refractivity contribution is 5.90. The summed E-state index contributed by atoms with van der Waals surface area (Å²) in [6, 6.07) is 0. The standard InChI is InChI=1S/C17H32O4.2H3N/c1-2-3-4-5-6-7-8-9-10-11-12-13-14-15(16(18)19)17(20)21;;/h15H,2-14H2,1H3,(H,18,19)(H,20,21);2*1H3. The van der Waals surface area contributed by atoms with E-state index in [4.69, 9.17) is 0 Å². The van der Waals surface area contributed by atoms with Gasteiger partial charge >= 0.3 is 0 Å². The van der Waals surface area contributed by atoms with Crippen LogP contribution in [-0.4, -0.2) is 11.9 Å². The van der Waals surface area contributed by atoms with Gasteiger partial charge in [0.1, 0.15) is 0 Å². The van der Waals surface area contributed by atoms with E-state index in [1.807, 2.05) is 0 Å². The van der Waals surface area contributed by atoms with Gasteiger partial charge in [0.05, 0.1) is 11.9 Å². The van der Waals surface area contributed by atoms with Gasteiger partial charge in [-0.15, -0.1) is 0 Å². The van der Waals surface area contributed by atoms with Crippen LogP contribution in [0.15, 0.2) is 0 Å². The van der Waals surface area contributed by atoms with Gasteiger partial charge in [0.25, 0.3) is 0 Å². The van der Waals surface area contributed by atoms with Crippen LogP contribution in [0.3, 0.4) is 0 Å². The molecule has 140 valence electrons. The average Bonchev–Trinajstić information content (AvgIpc) is 2.43. The fourth-order valence-corrected chi connectivity index (χ4v) is 2.52. The van der Waals surface area contributed by atoms with E-state index < -0.39 is 17.9 Å². The number of hydrogen-bond donors (Lipinski definition) is 2. The van der Waals surface area contributed by atoms with Gasteiger partial charge in [0.15, 0.2) is 0 Å². The Kier molecular flexibility index (Phi) is 22.0. The van der Waals surface area contributed by atoms with Gasteiger partial charge in [-0.05, 0) is 6.42 Å². The molecule has 0 radical (unpaired) electrons. The monoisotopic (exact) mass is 334 g/mol. The maximum atomic E-state index is 10.5. The molecule has 0 unspecified atom stereocenters. The second-order valence-electron chi connectivity index (χ2n) is 5.87. The number of hydrogen-bond acceptors (Lipinski definition) is 4. The summed E-state index contributed by atoms with van der Waals surface area (Å²) in [6.45, 7) is 2.22. The first-order chi connectivity index (χ1) is 10.1. The van der Waals surface area contributed by atoms with E-state index in [0.717, 1.165) is 19.3 Å². The molecule has 0 bridgehead atoms. The van der Waals surface area contributed by atoms with Crippen molar-refractivity contribution in [1.82, 2.24) is 12.3 Å². The summed E-state index contributed by atoms with van der Waals surface area (Å²) in [5, 5.41) is 21.1. The lowest BCUT2D eigenvalue weighted by Crippen LogP contribution is -2.43. The highest BCUT2D eigenvalue weighted by Gasteiger charge is 2.10. The molecule has 0 aliphatic heterocycles. The smallest absolute Gasteiger partial charge is 0.0501 e. The molecule has 0 amide bonds. The minimum absolute atomic E-state index is 0. The Labute approximate surface area is 141 Å². The van der Waals surface area contributed by atoms with Crippen LogP contribution in [-0.2, 0) is 9.59 Å². The largest absolute Gasteiger partial charge is 0.549 e. The lowest BCUT2D eigenvalue weighted by molar-refractivity contribution is -0.332. The van der Waals surface area contributed by atoms with Crippen LogP contribution >= 0.6 is 0 Å².